The molecule has 430 valence electrons. The van der Waals surface area contributed by atoms with E-state index in [9.17, 15) is 55.5 Å². The van der Waals surface area contributed by atoms with Gasteiger partial charge in [0.15, 0.2) is 43.7 Å². The maximum atomic E-state index is 13.9. The summed E-state index contributed by atoms with van der Waals surface area (Å²) in [5.41, 5.74) is 0. The summed E-state index contributed by atoms with van der Waals surface area (Å²) >= 11 is 0. The van der Waals surface area contributed by atoms with Gasteiger partial charge in [-0.25, -0.2) is 0 Å². The lowest BCUT2D eigenvalue weighted by Crippen LogP contribution is -2.68. The maximum Gasteiger partial charge on any atom is 0.309 e. The average molecular weight is 1070 g/mol. The van der Waals surface area contributed by atoms with Crippen molar-refractivity contribution in [2.45, 2.75) is 305 Å². The lowest BCUT2D eigenvalue weighted by Gasteiger charge is -2.51. The van der Waals surface area contributed by atoms with Gasteiger partial charge in [0.1, 0.15) is 79.4 Å². The summed E-state index contributed by atoms with van der Waals surface area (Å²) < 4.78 is 75.2. The molecule has 0 radical (unpaired) electrons. The molecule has 0 spiro atoms. The van der Waals surface area contributed by atoms with Crippen LogP contribution in [0.3, 0.4) is 0 Å². The van der Waals surface area contributed by atoms with Crippen LogP contribution < -0.4 is 0 Å². The van der Waals surface area contributed by atoms with E-state index in [1.165, 1.54) is 27.7 Å². The van der Waals surface area contributed by atoms with Gasteiger partial charge in [-0.1, -0.05) is 78.6 Å². The first-order valence-electron chi connectivity index (χ1n) is 27.2. The third kappa shape index (κ3) is 15.1. The molecule has 23 heteroatoms. The fourth-order valence-corrected chi connectivity index (χ4v) is 10.3. The summed E-state index contributed by atoms with van der Waals surface area (Å²) in [6, 6.07) is 0. The van der Waals surface area contributed by atoms with Crippen LogP contribution >= 0.6 is 0 Å². The number of hydrogen-bond donors (Lipinski definition) is 9. The summed E-state index contributed by atoms with van der Waals surface area (Å²) in [6.45, 7) is 13.0. The number of ether oxygens (including phenoxy) is 12. The van der Waals surface area contributed by atoms with E-state index in [1.54, 1.807) is 20.8 Å². The maximum absolute atomic E-state index is 13.9. The summed E-state index contributed by atoms with van der Waals surface area (Å²) in [4.78, 5) is 27.6. The molecule has 0 aromatic heterocycles. The Kier molecular flexibility index (Phi) is 23.5. The van der Waals surface area contributed by atoms with E-state index in [2.05, 4.69) is 6.92 Å². The fraction of sp³-hybridized carbons (Fsp3) is 0.961. The number of carbonyl (C=O) groups excluding carboxylic acids is 2. The van der Waals surface area contributed by atoms with Crippen molar-refractivity contribution in [2.24, 2.45) is 5.92 Å². The van der Waals surface area contributed by atoms with Gasteiger partial charge in [-0.15, -0.1) is 0 Å². The molecule has 0 aromatic carbocycles. The molecule has 6 heterocycles. The van der Waals surface area contributed by atoms with Gasteiger partial charge >= 0.3 is 11.9 Å². The summed E-state index contributed by atoms with van der Waals surface area (Å²) in [5, 5.41) is 100. The number of unbranched alkanes of at least 4 members (excludes halogenated alkanes) is 2. The first kappa shape index (κ1) is 61.4. The number of aliphatic hydroxyl groups is 9. The van der Waals surface area contributed by atoms with Crippen LogP contribution in [0.5, 0.6) is 0 Å². The lowest BCUT2D eigenvalue weighted by molar-refractivity contribution is -0.399. The smallest absolute Gasteiger partial charge is 0.309 e. The van der Waals surface area contributed by atoms with Gasteiger partial charge in [0.2, 0.25) is 0 Å². The number of carbonyl (C=O) groups is 2. The summed E-state index contributed by atoms with van der Waals surface area (Å²) in [7, 11) is 0. The zero-order valence-electron chi connectivity index (χ0n) is 44.2. The Morgan fingerprint density at radius 3 is 1.62 bits per heavy atom. The molecular weight excluding hydrogens is 981 g/mol. The normalized spacial score (nSPS) is 47.0. The van der Waals surface area contributed by atoms with Crippen LogP contribution in [-0.2, 0) is 66.4 Å². The molecule has 74 heavy (non-hydrogen) atoms. The van der Waals surface area contributed by atoms with E-state index >= 15 is 0 Å². The molecule has 0 bridgehead atoms. The monoisotopic (exact) mass is 1070 g/mol. The van der Waals surface area contributed by atoms with Crippen LogP contribution in [0.15, 0.2) is 0 Å². The van der Waals surface area contributed by atoms with Crippen LogP contribution in [0.25, 0.3) is 0 Å². The Bertz CT molecular complexity index is 1700. The quantitative estimate of drug-likeness (QED) is 0.0912. The highest BCUT2D eigenvalue weighted by Gasteiger charge is 2.58. The van der Waals surface area contributed by atoms with Gasteiger partial charge in [-0.2, -0.15) is 0 Å². The van der Waals surface area contributed by atoms with Crippen molar-refractivity contribution in [1.29, 1.82) is 0 Å². The van der Waals surface area contributed by atoms with Crippen molar-refractivity contribution in [3.05, 3.63) is 0 Å². The molecule has 27 atom stereocenters. The molecule has 9 N–H and O–H groups in total. The van der Waals surface area contributed by atoms with Gasteiger partial charge in [0.25, 0.3) is 0 Å². The summed E-state index contributed by atoms with van der Waals surface area (Å²) in [5.74, 6) is -2.20. The third-order valence-electron chi connectivity index (χ3n) is 15.4. The highest BCUT2D eigenvalue weighted by atomic mass is 16.8. The second-order valence-corrected chi connectivity index (χ2v) is 21.3. The Morgan fingerprint density at radius 1 is 0.514 bits per heavy atom. The topological polar surface area (TPSA) is 327 Å². The van der Waals surface area contributed by atoms with Crippen LogP contribution in [0.2, 0.25) is 0 Å². The fourth-order valence-electron chi connectivity index (χ4n) is 10.3. The predicted molar refractivity (Wildman–Crippen MR) is 255 cm³/mol. The third-order valence-corrected chi connectivity index (χ3v) is 15.4. The zero-order chi connectivity index (χ0) is 54.1. The van der Waals surface area contributed by atoms with Crippen molar-refractivity contribution in [3.63, 3.8) is 0 Å². The number of esters is 2. The number of fused-ring (bicyclic) bond motifs is 2. The van der Waals surface area contributed by atoms with Crippen LogP contribution in [-0.4, -0.2) is 218 Å². The number of rotatable bonds is 13. The number of hydrogen-bond acceptors (Lipinski definition) is 23. The lowest BCUT2D eigenvalue weighted by atomic mass is 9.95. The first-order chi connectivity index (χ1) is 35.2. The van der Waals surface area contributed by atoms with Crippen molar-refractivity contribution in [3.8, 4) is 0 Å². The van der Waals surface area contributed by atoms with Gasteiger partial charge in [-0.05, 0) is 60.3 Å². The van der Waals surface area contributed by atoms with Crippen molar-refractivity contribution in [1.82, 2.24) is 0 Å². The molecule has 6 aliphatic rings. The molecule has 6 rings (SSSR count). The zero-order valence-corrected chi connectivity index (χ0v) is 44.2. The Morgan fingerprint density at radius 2 is 1.01 bits per heavy atom. The van der Waals surface area contributed by atoms with Crippen LogP contribution in [0.4, 0.5) is 0 Å². The second-order valence-electron chi connectivity index (χ2n) is 21.3. The highest BCUT2D eigenvalue weighted by molar-refractivity contribution is 5.72. The molecule has 6 aliphatic heterocycles. The van der Waals surface area contributed by atoms with E-state index in [1.807, 2.05) is 0 Å². The molecular formula is C51H88O23. The standard InChI is InChI=1S/C51H88O23/c1-9-11-17-20-29-21-18-15-13-12-14-16-19-22-30(52)69-43-39(61)40(27(7)66-50(43)73-42-36(58)33(55)26(6)65-49(42)68-29)71-51-45(70-46(62)23(3)10-2)44(74-48-38(60)35(57)32(54)25(5)64-48)41(28(8)67-51)72-47-37(59)34(56)31(53)24(4)63-47/h23-29,31-45,47-51,53-61H,9-22H2,1-8H3/t23?,24-,25-,26+,27-,28-,29?,31-,32-,33-,34+,35+,36-,37+,38+,39+,40-,41-,42+,43+,44+,45+,47-,48-,49-,50-,51-/m0/s1. The van der Waals surface area contributed by atoms with E-state index in [4.69, 9.17) is 56.8 Å². The van der Waals surface area contributed by atoms with E-state index in [-0.39, 0.29) is 12.5 Å². The van der Waals surface area contributed by atoms with Crippen LogP contribution in [0, 0.1) is 5.92 Å². The predicted octanol–water partition coefficient (Wildman–Crippen LogP) is 0.859. The second kappa shape index (κ2) is 28.4. The van der Waals surface area contributed by atoms with Crippen molar-refractivity contribution in [2.75, 3.05) is 0 Å². The minimum atomic E-state index is -1.88. The summed E-state index contributed by atoms with van der Waals surface area (Å²) in [6.07, 6.45) is -27.3. The number of aliphatic hydroxyl groups excluding tert-OH is 9. The van der Waals surface area contributed by atoms with E-state index in [0.717, 1.165) is 70.6 Å². The average Bonchev–Trinajstić information content (AvgIpc) is 3.36. The minimum absolute atomic E-state index is 0.0154. The Labute approximate surface area is 434 Å². The van der Waals surface area contributed by atoms with Gasteiger partial charge in [0.05, 0.1) is 42.5 Å². The molecule has 6 saturated heterocycles. The van der Waals surface area contributed by atoms with Crippen molar-refractivity contribution < 1.29 is 112 Å². The van der Waals surface area contributed by atoms with Gasteiger partial charge < -0.3 is 103 Å². The van der Waals surface area contributed by atoms with Gasteiger partial charge in [0, 0.05) is 6.42 Å². The largest absolute Gasteiger partial charge is 0.454 e. The van der Waals surface area contributed by atoms with E-state index < -0.39 is 171 Å². The molecule has 0 aliphatic carbocycles. The minimum Gasteiger partial charge on any atom is -0.454 e. The van der Waals surface area contributed by atoms with E-state index in [0.29, 0.717) is 12.8 Å². The Hall–Kier alpha value is -1.82. The molecule has 0 saturated carbocycles. The molecule has 0 amide bonds. The van der Waals surface area contributed by atoms with Crippen LogP contribution in [0.1, 0.15) is 145 Å². The molecule has 2 unspecified atom stereocenters. The molecule has 0 aromatic rings. The van der Waals surface area contributed by atoms with Gasteiger partial charge in [-0.3, -0.25) is 9.59 Å². The molecule has 23 nitrogen and oxygen atoms in total. The SMILES string of the molecule is CCCCCC1CCCCCCCCCC(=O)O[C@H]2[C@H](O[C@H]3[C@H](O1)O[C@H](C)[C@H](O)[C@@H]3O)O[C@@H](C)[C@H](O[C@@H]1O[C@@H](C)[C@H](O[C@@H]3O[C@@H](C)[C@H](O)[C@@H](O)[C@H]3O)[C@@H](O[C@@H]3O[C@@H](C)[C@H](O)[C@@H](O)[C@H]3O)[C@H]1OC(=O)C(C)CC)[C@H]2O. The van der Waals surface area contributed by atoms with Crippen molar-refractivity contribution >= 4 is 11.9 Å². The Balaban J connectivity index is 1.34. The first-order valence-corrected chi connectivity index (χ1v) is 27.2. The highest BCUT2D eigenvalue weighted by Crippen LogP contribution is 2.39. The molecule has 6 fully saturated rings.